The number of primary amides is 1. The number of fused-ring (bicyclic) bond motifs is 1. The summed E-state index contributed by atoms with van der Waals surface area (Å²) in [6, 6.07) is 7.34. The number of nitrogens with zero attached hydrogens (tertiary/aromatic N) is 2. The molecule has 0 aliphatic carbocycles. The van der Waals surface area contributed by atoms with Gasteiger partial charge in [0.15, 0.2) is 0 Å². The minimum Gasteiger partial charge on any atom is -0.333 e. The van der Waals surface area contributed by atoms with Crippen molar-refractivity contribution in [3.63, 3.8) is 0 Å². The second kappa shape index (κ2) is 3.02. The highest BCUT2D eigenvalue weighted by Crippen LogP contribution is 2.13. The molecular formula is C9H9N3O2. The zero-order chi connectivity index (χ0) is 10.1. The molecule has 0 spiro atoms. The maximum absolute atomic E-state index is 10.6. The molecule has 1 amide bonds. The third kappa shape index (κ3) is 1.28. The second-order valence-corrected chi connectivity index (χ2v) is 2.85. The molecule has 1 heterocycles. The van der Waals surface area contributed by atoms with Gasteiger partial charge in [0.25, 0.3) is 0 Å². The maximum atomic E-state index is 10.6. The van der Waals surface area contributed by atoms with Gasteiger partial charge in [0.1, 0.15) is 11.3 Å². The third-order valence-electron chi connectivity index (χ3n) is 1.86. The van der Waals surface area contributed by atoms with Gasteiger partial charge in [-0.25, -0.2) is 9.78 Å². The Morgan fingerprint density at radius 2 is 2.21 bits per heavy atom. The number of rotatable bonds is 1. The summed E-state index contributed by atoms with van der Waals surface area (Å²) in [6.45, 7) is 1.74. The molecule has 1 aromatic heterocycles. The minimum absolute atomic E-state index is 0.588. The molecule has 0 saturated heterocycles. The van der Waals surface area contributed by atoms with Gasteiger partial charge in [0, 0.05) is 0 Å². The summed E-state index contributed by atoms with van der Waals surface area (Å²) in [6.07, 6.45) is -0.851. The molecule has 0 radical (unpaired) electrons. The summed E-state index contributed by atoms with van der Waals surface area (Å²) >= 11 is 0. The highest BCUT2D eigenvalue weighted by Gasteiger charge is 2.08. The number of nitrogens with two attached hydrogens (primary N) is 1. The Balaban J connectivity index is 2.62. The van der Waals surface area contributed by atoms with Crippen LogP contribution in [0.25, 0.3) is 11.0 Å². The predicted molar refractivity (Wildman–Crippen MR) is 50.6 cm³/mol. The van der Waals surface area contributed by atoms with Crippen LogP contribution >= 0.6 is 0 Å². The number of aryl methyl sites for hydroxylation is 1. The van der Waals surface area contributed by atoms with Crippen LogP contribution < -0.4 is 10.6 Å². The van der Waals surface area contributed by atoms with Gasteiger partial charge in [0.05, 0.1) is 5.52 Å². The fourth-order valence-corrected chi connectivity index (χ4v) is 1.33. The van der Waals surface area contributed by atoms with Crippen molar-refractivity contribution < 1.29 is 9.63 Å². The van der Waals surface area contributed by atoms with Crippen molar-refractivity contribution in [1.29, 1.82) is 0 Å². The van der Waals surface area contributed by atoms with E-state index in [-0.39, 0.29) is 0 Å². The first kappa shape index (κ1) is 8.55. The zero-order valence-corrected chi connectivity index (χ0v) is 7.60. The lowest BCUT2D eigenvalue weighted by Gasteiger charge is -2.02. The second-order valence-electron chi connectivity index (χ2n) is 2.85. The molecule has 0 atom stereocenters. The molecule has 0 saturated carbocycles. The Labute approximate surface area is 80.1 Å². The van der Waals surface area contributed by atoms with Crippen LogP contribution in [0.4, 0.5) is 4.79 Å². The first-order valence-electron chi connectivity index (χ1n) is 4.10. The SMILES string of the molecule is Cc1nc2ccccc2n1OC(N)=O. The number of hydrogen-bond donors (Lipinski definition) is 1. The summed E-state index contributed by atoms with van der Waals surface area (Å²) in [5.41, 5.74) is 6.43. The molecule has 2 rings (SSSR count). The topological polar surface area (TPSA) is 70.1 Å². The van der Waals surface area contributed by atoms with E-state index in [0.717, 1.165) is 11.0 Å². The van der Waals surface area contributed by atoms with Crippen molar-refractivity contribution in [2.24, 2.45) is 5.73 Å². The predicted octanol–water partition coefficient (Wildman–Crippen LogP) is 0.852. The lowest BCUT2D eigenvalue weighted by atomic mass is 10.3. The maximum Gasteiger partial charge on any atom is 0.429 e. The molecule has 2 N–H and O–H groups in total. The first-order valence-corrected chi connectivity index (χ1v) is 4.10. The van der Waals surface area contributed by atoms with Crippen molar-refractivity contribution in [3.8, 4) is 0 Å². The van der Waals surface area contributed by atoms with E-state index in [0.29, 0.717) is 5.82 Å². The number of amides is 1. The van der Waals surface area contributed by atoms with E-state index < -0.39 is 6.09 Å². The largest absolute Gasteiger partial charge is 0.429 e. The summed E-state index contributed by atoms with van der Waals surface area (Å²) < 4.78 is 1.32. The Morgan fingerprint density at radius 3 is 2.93 bits per heavy atom. The van der Waals surface area contributed by atoms with E-state index in [1.165, 1.54) is 4.73 Å². The zero-order valence-electron chi connectivity index (χ0n) is 7.60. The minimum atomic E-state index is -0.851. The van der Waals surface area contributed by atoms with Gasteiger partial charge in [0.2, 0.25) is 0 Å². The lowest BCUT2D eigenvalue weighted by molar-refractivity contribution is 0.145. The smallest absolute Gasteiger partial charge is 0.333 e. The number of benzene rings is 1. The van der Waals surface area contributed by atoms with E-state index in [1.807, 2.05) is 18.2 Å². The van der Waals surface area contributed by atoms with Gasteiger partial charge >= 0.3 is 6.09 Å². The van der Waals surface area contributed by atoms with Gasteiger partial charge in [-0.15, -0.1) is 0 Å². The van der Waals surface area contributed by atoms with E-state index in [1.54, 1.807) is 13.0 Å². The van der Waals surface area contributed by atoms with Gasteiger partial charge in [-0.1, -0.05) is 12.1 Å². The molecule has 0 aliphatic rings. The summed E-state index contributed by atoms with van der Waals surface area (Å²) in [5.74, 6) is 0.588. The van der Waals surface area contributed by atoms with Crippen molar-refractivity contribution in [3.05, 3.63) is 30.1 Å². The van der Waals surface area contributed by atoms with Crippen LogP contribution in [-0.4, -0.2) is 15.8 Å². The Kier molecular flexibility index (Phi) is 1.85. The van der Waals surface area contributed by atoms with E-state index in [2.05, 4.69) is 4.98 Å². The molecule has 0 aliphatic heterocycles. The summed E-state index contributed by atoms with van der Waals surface area (Å²) in [7, 11) is 0. The molecule has 72 valence electrons. The first-order chi connectivity index (χ1) is 6.68. The van der Waals surface area contributed by atoms with Gasteiger partial charge in [-0.05, 0) is 19.1 Å². The standard InChI is InChI=1S/C9H9N3O2/c1-6-11-7-4-2-3-5-8(7)12(6)14-9(10)13/h2-5H,1H3,(H2,10,13). The van der Waals surface area contributed by atoms with Gasteiger partial charge in [-0.3, -0.25) is 0 Å². The van der Waals surface area contributed by atoms with Gasteiger partial charge < -0.3 is 10.6 Å². The van der Waals surface area contributed by atoms with Crippen molar-refractivity contribution >= 4 is 17.1 Å². The van der Waals surface area contributed by atoms with Gasteiger partial charge in [-0.2, -0.15) is 4.73 Å². The monoisotopic (exact) mass is 191 g/mol. The van der Waals surface area contributed by atoms with Crippen LogP contribution in [0, 0.1) is 6.92 Å². The average Bonchev–Trinajstić information content (AvgIpc) is 2.43. The molecule has 14 heavy (non-hydrogen) atoms. The number of imidazole rings is 1. The summed E-state index contributed by atoms with van der Waals surface area (Å²) in [4.78, 5) is 19.6. The number of hydrogen-bond acceptors (Lipinski definition) is 3. The summed E-state index contributed by atoms with van der Waals surface area (Å²) in [5, 5.41) is 0. The van der Waals surface area contributed by atoms with Crippen LogP contribution in [0.3, 0.4) is 0 Å². The molecule has 0 unspecified atom stereocenters. The van der Waals surface area contributed by atoms with Crippen LogP contribution in [0.15, 0.2) is 24.3 Å². The molecule has 2 aromatic rings. The fourth-order valence-electron chi connectivity index (χ4n) is 1.33. The van der Waals surface area contributed by atoms with Crippen molar-refractivity contribution in [2.45, 2.75) is 6.92 Å². The highest BCUT2D eigenvalue weighted by atomic mass is 16.7. The third-order valence-corrected chi connectivity index (χ3v) is 1.86. The lowest BCUT2D eigenvalue weighted by Crippen LogP contribution is -2.26. The fraction of sp³-hybridized carbons (Fsp3) is 0.111. The Bertz CT molecular complexity index is 490. The van der Waals surface area contributed by atoms with Crippen LogP contribution in [0.5, 0.6) is 0 Å². The van der Waals surface area contributed by atoms with Crippen LogP contribution in [-0.2, 0) is 0 Å². The number of para-hydroxylation sites is 2. The normalized spacial score (nSPS) is 10.4. The molecule has 5 nitrogen and oxygen atoms in total. The Hall–Kier alpha value is -2.04. The van der Waals surface area contributed by atoms with Crippen LogP contribution in [0.2, 0.25) is 0 Å². The van der Waals surface area contributed by atoms with Crippen molar-refractivity contribution in [2.75, 3.05) is 0 Å². The van der Waals surface area contributed by atoms with E-state index >= 15 is 0 Å². The molecular weight excluding hydrogens is 182 g/mol. The van der Waals surface area contributed by atoms with Crippen molar-refractivity contribution in [1.82, 2.24) is 9.71 Å². The quantitative estimate of drug-likeness (QED) is 0.726. The molecule has 5 heteroatoms. The van der Waals surface area contributed by atoms with Crippen LogP contribution in [0.1, 0.15) is 5.82 Å². The molecule has 0 bridgehead atoms. The average molecular weight is 191 g/mol. The number of carbonyl (C=O) groups excluding carboxylic acids is 1. The van der Waals surface area contributed by atoms with E-state index in [9.17, 15) is 4.79 Å². The van der Waals surface area contributed by atoms with E-state index in [4.69, 9.17) is 10.6 Å². The number of aromatic nitrogens is 2. The molecule has 1 aromatic carbocycles. The number of carbonyl (C=O) groups is 1. The Morgan fingerprint density at radius 1 is 1.50 bits per heavy atom. The highest BCUT2D eigenvalue weighted by molar-refractivity contribution is 5.76. The molecule has 0 fully saturated rings.